The van der Waals surface area contributed by atoms with Crippen molar-refractivity contribution in [1.29, 1.82) is 0 Å². The van der Waals surface area contributed by atoms with Crippen LogP contribution in [0.5, 0.6) is 11.5 Å². The van der Waals surface area contributed by atoms with Crippen LogP contribution in [0.1, 0.15) is 11.1 Å². The molecule has 2 aromatic carbocycles. The first-order chi connectivity index (χ1) is 12.0. The van der Waals surface area contributed by atoms with Gasteiger partial charge in [0.1, 0.15) is 11.5 Å². The Kier molecular flexibility index (Phi) is 6.39. The predicted octanol–water partition coefficient (Wildman–Crippen LogP) is 2.31. The van der Waals surface area contributed by atoms with Crippen LogP contribution in [0.2, 0.25) is 0 Å². The van der Waals surface area contributed by atoms with E-state index in [0.717, 1.165) is 11.1 Å². The van der Waals surface area contributed by atoms with E-state index < -0.39 is 0 Å². The highest BCUT2D eigenvalue weighted by molar-refractivity contribution is 5.96. The second-order valence-electron chi connectivity index (χ2n) is 5.56. The van der Waals surface area contributed by atoms with Crippen molar-refractivity contribution in [3.8, 4) is 11.5 Å². The normalized spacial score (nSPS) is 10.0. The van der Waals surface area contributed by atoms with Gasteiger partial charge in [0.25, 0.3) is 0 Å². The molecule has 0 atom stereocenters. The van der Waals surface area contributed by atoms with Gasteiger partial charge in [0.2, 0.25) is 11.8 Å². The highest BCUT2D eigenvalue weighted by Crippen LogP contribution is 2.24. The van der Waals surface area contributed by atoms with Crippen LogP contribution in [0.3, 0.4) is 0 Å². The van der Waals surface area contributed by atoms with Crippen molar-refractivity contribution >= 4 is 17.5 Å². The fourth-order valence-electron chi connectivity index (χ4n) is 2.32. The molecule has 2 amide bonds. The first-order valence-electron chi connectivity index (χ1n) is 7.86. The molecule has 6 heteroatoms. The standard InChI is InChI=1S/C19H22N2O4/c1-13-7-8-17(25-3)16(9-13)21-19(23)12-20-18(22)11-14-5-4-6-15(10-14)24-2/h4-10H,11-12H2,1-3H3,(H,20,22)(H,21,23). The number of carbonyl (C=O) groups is 2. The SMILES string of the molecule is COc1cccc(CC(=O)NCC(=O)Nc2cc(C)ccc2OC)c1. The zero-order valence-corrected chi connectivity index (χ0v) is 14.6. The molecule has 2 rings (SSSR count). The second kappa shape index (κ2) is 8.73. The van der Waals surface area contributed by atoms with E-state index in [0.29, 0.717) is 17.2 Å². The third kappa shape index (κ3) is 5.53. The van der Waals surface area contributed by atoms with Crippen LogP contribution in [0.15, 0.2) is 42.5 Å². The fourth-order valence-corrected chi connectivity index (χ4v) is 2.32. The maximum atomic E-state index is 12.0. The topological polar surface area (TPSA) is 76.7 Å². The van der Waals surface area contributed by atoms with E-state index in [1.807, 2.05) is 37.3 Å². The van der Waals surface area contributed by atoms with Gasteiger partial charge in [-0.15, -0.1) is 0 Å². The Bertz CT molecular complexity index is 759. The van der Waals surface area contributed by atoms with Crippen molar-refractivity contribution in [3.63, 3.8) is 0 Å². The maximum absolute atomic E-state index is 12.0. The average molecular weight is 342 g/mol. The maximum Gasteiger partial charge on any atom is 0.243 e. The Balaban J connectivity index is 1.87. The van der Waals surface area contributed by atoms with Crippen LogP contribution in [-0.4, -0.2) is 32.6 Å². The minimum absolute atomic E-state index is 0.111. The summed E-state index contributed by atoms with van der Waals surface area (Å²) in [6.07, 6.45) is 0.179. The zero-order chi connectivity index (χ0) is 18.2. The molecule has 132 valence electrons. The molecule has 2 N–H and O–H groups in total. The predicted molar refractivity (Wildman–Crippen MR) is 96.1 cm³/mol. The van der Waals surface area contributed by atoms with Gasteiger partial charge in [0.05, 0.1) is 32.9 Å². The number of ether oxygens (including phenoxy) is 2. The van der Waals surface area contributed by atoms with Crippen molar-refractivity contribution in [1.82, 2.24) is 5.32 Å². The van der Waals surface area contributed by atoms with E-state index in [-0.39, 0.29) is 24.8 Å². The Morgan fingerprint density at radius 1 is 1.00 bits per heavy atom. The second-order valence-corrected chi connectivity index (χ2v) is 5.56. The highest BCUT2D eigenvalue weighted by atomic mass is 16.5. The van der Waals surface area contributed by atoms with Crippen LogP contribution in [0.4, 0.5) is 5.69 Å². The number of amides is 2. The summed E-state index contributed by atoms with van der Waals surface area (Å²) in [4.78, 5) is 24.0. The van der Waals surface area contributed by atoms with E-state index in [9.17, 15) is 9.59 Å². The largest absolute Gasteiger partial charge is 0.497 e. The van der Waals surface area contributed by atoms with E-state index in [2.05, 4.69) is 10.6 Å². The number of benzene rings is 2. The molecule has 0 fully saturated rings. The molecule has 0 aliphatic rings. The molecular formula is C19H22N2O4. The minimum atomic E-state index is -0.317. The van der Waals surface area contributed by atoms with E-state index in [1.54, 1.807) is 19.2 Å². The summed E-state index contributed by atoms with van der Waals surface area (Å²) in [5, 5.41) is 5.35. The molecule has 0 unspecified atom stereocenters. The quantitative estimate of drug-likeness (QED) is 0.809. The number of carbonyl (C=O) groups excluding carboxylic acids is 2. The minimum Gasteiger partial charge on any atom is -0.497 e. The molecule has 0 heterocycles. The van der Waals surface area contributed by atoms with Crippen molar-refractivity contribution in [2.24, 2.45) is 0 Å². The zero-order valence-electron chi connectivity index (χ0n) is 14.6. The van der Waals surface area contributed by atoms with Crippen molar-refractivity contribution in [3.05, 3.63) is 53.6 Å². The number of methoxy groups -OCH3 is 2. The van der Waals surface area contributed by atoms with Gasteiger partial charge >= 0.3 is 0 Å². The van der Waals surface area contributed by atoms with Gasteiger partial charge in [-0.1, -0.05) is 18.2 Å². The lowest BCUT2D eigenvalue weighted by Crippen LogP contribution is -2.33. The van der Waals surface area contributed by atoms with Gasteiger partial charge in [-0.05, 0) is 42.3 Å². The molecule has 25 heavy (non-hydrogen) atoms. The number of hydrogen-bond donors (Lipinski definition) is 2. The van der Waals surface area contributed by atoms with Crippen LogP contribution < -0.4 is 20.1 Å². The van der Waals surface area contributed by atoms with Gasteiger partial charge in [0, 0.05) is 0 Å². The van der Waals surface area contributed by atoms with Crippen LogP contribution in [0, 0.1) is 6.92 Å². The lowest BCUT2D eigenvalue weighted by molar-refractivity contribution is -0.123. The number of nitrogens with one attached hydrogen (secondary N) is 2. The molecule has 0 bridgehead atoms. The van der Waals surface area contributed by atoms with Gasteiger partial charge in [0.15, 0.2) is 0 Å². The van der Waals surface area contributed by atoms with Crippen LogP contribution in [0.25, 0.3) is 0 Å². The van der Waals surface area contributed by atoms with Gasteiger partial charge < -0.3 is 20.1 Å². The monoisotopic (exact) mass is 342 g/mol. The molecule has 0 spiro atoms. The Hall–Kier alpha value is -3.02. The lowest BCUT2D eigenvalue weighted by atomic mass is 10.1. The Morgan fingerprint density at radius 3 is 2.52 bits per heavy atom. The van der Waals surface area contributed by atoms with E-state index in [4.69, 9.17) is 9.47 Å². The summed E-state index contributed by atoms with van der Waals surface area (Å²) in [6, 6.07) is 12.7. The Morgan fingerprint density at radius 2 is 1.80 bits per heavy atom. The molecule has 0 aromatic heterocycles. The third-order valence-corrected chi connectivity index (χ3v) is 3.57. The molecule has 6 nitrogen and oxygen atoms in total. The summed E-state index contributed by atoms with van der Waals surface area (Å²) in [5.41, 5.74) is 2.39. The first-order valence-corrected chi connectivity index (χ1v) is 7.86. The summed E-state index contributed by atoms with van der Waals surface area (Å²) in [7, 11) is 3.11. The number of anilines is 1. The lowest BCUT2D eigenvalue weighted by Gasteiger charge is -2.11. The van der Waals surface area contributed by atoms with Gasteiger partial charge in [-0.25, -0.2) is 0 Å². The molecule has 0 saturated heterocycles. The van der Waals surface area contributed by atoms with Crippen molar-refractivity contribution in [2.75, 3.05) is 26.1 Å². The number of rotatable bonds is 7. The molecule has 0 saturated carbocycles. The summed E-state index contributed by atoms with van der Waals surface area (Å²) in [5.74, 6) is 0.707. The fraction of sp³-hybridized carbons (Fsp3) is 0.263. The van der Waals surface area contributed by atoms with Crippen molar-refractivity contribution < 1.29 is 19.1 Å². The number of aryl methyl sites for hydroxylation is 1. The van der Waals surface area contributed by atoms with Crippen LogP contribution >= 0.6 is 0 Å². The molecule has 2 aromatic rings. The smallest absolute Gasteiger partial charge is 0.243 e. The van der Waals surface area contributed by atoms with Gasteiger partial charge in [-0.2, -0.15) is 0 Å². The molecule has 0 aliphatic carbocycles. The van der Waals surface area contributed by atoms with Crippen LogP contribution in [-0.2, 0) is 16.0 Å². The third-order valence-electron chi connectivity index (χ3n) is 3.57. The van der Waals surface area contributed by atoms with E-state index in [1.165, 1.54) is 7.11 Å². The molecule has 0 radical (unpaired) electrons. The van der Waals surface area contributed by atoms with Crippen molar-refractivity contribution in [2.45, 2.75) is 13.3 Å². The van der Waals surface area contributed by atoms with Gasteiger partial charge in [-0.3, -0.25) is 9.59 Å². The van der Waals surface area contributed by atoms with E-state index >= 15 is 0 Å². The average Bonchev–Trinajstić information content (AvgIpc) is 2.60. The summed E-state index contributed by atoms with van der Waals surface area (Å²) in [6.45, 7) is 1.81. The highest BCUT2D eigenvalue weighted by Gasteiger charge is 2.10. The Labute approximate surface area is 147 Å². The summed E-state index contributed by atoms with van der Waals surface area (Å²) >= 11 is 0. The molecule has 0 aliphatic heterocycles. The molecular weight excluding hydrogens is 320 g/mol. The summed E-state index contributed by atoms with van der Waals surface area (Å²) < 4.78 is 10.3. The first kappa shape index (κ1) is 18.3. The number of hydrogen-bond acceptors (Lipinski definition) is 4.